The molecule has 11 heavy (non-hydrogen) atoms. The van der Waals surface area contributed by atoms with E-state index in [4.69, 9.17) is 23.2 Å². The topological polar surface area (TPSA) is 0 Å². The van der Waals surface area contributed by atoms with Gasteiger partial charge >= 0.3 is 0 Å². The molecule has 1 aliphatic carbocycles. The standard InChI is InChI=1S/C9H7Cl2/c10-8-4-6-2-1-3-7(6)5-9(8)11/h1,4-5H,2-3H2. The summed E-state index contributed by atoms with van der Waals surface area (Å²) in [5.74, 6) is 0. The fourth-order valence-electron chi connectivity index (χ4n) is 1.39. The second-order valence-electron chi connectivity index (χ2n) is 2.73. The lowest BCUT2D eigenvalue weighted by Crippen LogP contribution is -1.81. The zero-order valence-electron chi connectivity index (χ0n) is 5.90. The van der Waals surface area contributed by atoms with Crippen LogP contribution in [0.15, 0.2) is 12.1 Å². The highest BCUT2D eigenvalue weighted by Gasteiger charge is 2.12. The summed E-state index contributed by atoms with van der Waals surface area (Å²) in [6, 6.07) is 3.92. The van der Waals surface area contributed by atoms with Crippen molar-refractivity contribution in [3.8, 4) is 0 Å². The molecule has 0 saturated heterocycles. The maximum atomic E-state index is 5.85. The van der Waals surface area contributed by atoms with E-state index in [0.29, 0.717) is 10.0 Å². The molecule has 2 heteroatoms. The summed E-state index contributed by atoms with van der Waals surface area (Å²) >= 11 is 11.7. The Kier molecular flexibility index (Phi) is 1.82. The summed E-state index contributed by atoms with van der Waals surface area (Å²) in [5, 5.41) is 1.33. The van der Waals surface area contributed by atoms with Crippen LogP contribution < -0.4 is 0 Å². The Morgan fingerprint density at radius 1 is 0.909 bits per heavy atom. The van der Waals surface area contributed by atoms with Crippen molar-refractivity contribution in [2.24, 2.45) is 0 Å². The number of rotatable bonds is 0. The third-order valence-electron chi connectivity index (χ3n) is 1.97. The highest BCUT2D eigenvalue weighted by molar-refractivity contribution is 6.42. The molecule has 1 radical (unpaired) electrons. The fraction of sp³-hybridized carbons (Fsp3) is 0.222. The highest BCUT2D eigenvalue weighted by Crippen LogP contribution is 2.30. The minimum atomic E-state index is 0.667. The van der Waals surface area contributed by atoms with E-state index in [9.17, 15) is 0 Å². The Hall–Kier alpha value is -0.200. The van der Waals surface area contributed by atoms with Gasteiger partial charge in [-0.2, -0.15) is 0 Å². The average Bonchev–Trinajstić information content (AvgIpc) is 2.36. The lowest BCUT2D eigenvalue weighted by Gasteiger charge is -2.00. The predicted molar refractivity (Wildman–Crippen MR) is 48.2 cm³/mol. The quantitative estimate of drug-likeness (QED) is 0.583. The molecule has 2 rings (SSSR count). The average molecular weight is 186 g/mol. The molecule has 0 spiro atoms. The van der Waals surface area contributed by atoms with Crippen LogP contribution in [0.4, 0.5) is 0 Å². The van der Waals surface area contributed by atoms with Crippen LogP contribution in [-0.4, -0.2) is 0 Å². The van der Waals surface area contributed by atoms with Crippen molar-refractivity contribution in [2.45, 2.75) is 12.8 Å². The van der Waals surface area contributed by atoms with Crippen molar-refractivity contribution < 1.29 is 0 Å². The van der Waals surface area contributed by atoms with E-state index in [1.165, 1.54) is 11.1 Å². The zero-order valence-corrected chi connectivity index (χ0v) is 7.41. The van der Waals surface area contributed by atoms with Crippen LogP contribution in [0.2, 0.25) is 10.0 Å². The Morgan fingerprint density at radius 2 is 1.36 bits per heavy atom. The van der Waals surface area contributed by atoms with Gasteiger partial charge in [0.05, 0.1) is 10.0 Å². The van der Waals surface area contributed by atoms with Crippen molar-refractivity contribution in [2.75, 3.05) is 0 Å². The van der Waals surface area contributed by atoms with Crippen molar-refractivity contribution in [1.82, 2.24) is 0 Å². The number of fused-ring (bicyclic) bond motifs is 1. The second-order valence-corrected chi connectivity index (χ2v) is 3.55. The van der Waals surface area contributed by atoms with E-state index in [1.807, 2.05) is 12.1 Å². The normalized spacial score (nSPS) is 15.1. The number of benzene rings is 1. The Balaban J connectivity index is 2.57. The molecule has 0 bridgehead atoms. The van der Waals surface area contributed by atoms with E-state index in [0.717, 1.165) is 12.8 Å². The molecular weight excluding hydrogens is 179 g/mol. The van der Waals surface area contributed by atoms with Crippen LogP contribution in [0.1, 0.15) is 11.1 Å². The van der Waals surface area contributed by atoms with Crippen LogP contribution in [0.25, 0.3) is 0 Å². The van der Waals surface area contributed by atoms with E-state index in [2.05, 4.69) is 6.42 Å². The Bertz CT molecular complexity index is 263. The predicted octanol–water partition coefficient (Wildman–Crippen LogP) is 3.30. The first kappa shape index (κ1) is 7.45. The van der Waals surface area contributed by atoms with Gasteiger partial charge in [-0.25, -0.2) is 0 Å². The maximum Gasteiger partial charge on any atom is 0.0595 e. The van der Waals surface area contributed by atoms with E-state index in [-0.39, 0.29) is 0 Å². The largest absolute Gasteiger partial charge is 0.0827 e. The first-order valence-electron chi connectivity index (χ1n) is 3.56. The van der Waals surface area contributed by atoms with Gasteiger partial charge in [0.1, 0.15) is 0 Å². The number of hydrogen-bond acceptors (Lipinski definition) is 0. The van der Waals surface area contributed by atoms with Gasteiger partial charge < -0.3 is 0 Å². The van der Waals surface area contributed by atoms with E-state index >= 15 is 0 Å². The third-order valence-corrected chi connectivity index (χ3v) is 2.69. The van der Waals surface area contributed by atoms with Gasteiger partial charge in [-0.1, -0.05) is 23.2 Å². The van der Waals surface area contributed by atoms with Crippen LogP contribution in [0.3, 0.4) is 0 Å². The first-order valence-corrected chi connectivity index (χ1v) is 4.31. The third kappa shape index (κ3) is 1.25. The van der Waals surface area contributed by atoms with Crippen LogP contribution >= 0.6 is 23.2 Å². The lowest BCUT2D eigenvalue weighted by atomic mass is 10.1. The van der Waals surface area contributed by atoms with Gasteiger partial charge in [-0.3, -0.25) is 0 Å². The molecule has 0 saturated carbocycles. The van der Waals surface area contributed by atoms with Gasteiger partial charge in [0.2, 0.25) is 0 Å². The van der Waals surface area contributed by atoms with Crippen molar-refractivity contribution in [3.05, 3.63) is 39.7 Å². The van der Waals surface area contributed by atoms with Crippen molar-refractivity contribution >= 4 is 23.2 Å². The van der Waals surface area contributed by atoms with Gasteiger partial charge in [-0.15, -0.1) is 0 Å². The molecule has 1 aromatic carbocycles. The summed E-state index contributed by atoms with van der Waals surface area (Å²) in [6.45, 7) is 0. The van der Waals surface area contributed by atoms with Gasteiger partial charge in [0, 0.05) is 0 Å². The smallest absolute Gasteiger partial charge is 0.0595 e. The Morgan fingerprint density at radius 3 is 1.82 bits per heavy atom. The molecular formula is C9H7Cl2. The Labute approximate surface area is 76.1 Å². The molecule has 0 heterocycles. The molecule has 0 unspecified atom stereocenters. The summed E-state index contributed by atoms with van der Waals surface area (Å²) in [7, 11) is 0. The van der Waals surface area contributed by atoms with Crippen LogP contribution in [-0.2, 0) is 12.8 Å². The molecule has 0 fully saturated rings. The zero-order chi connectivity index (χ0) is 7.84. The maximum absolute atomic E-state index is 5.85. The van der Waals surface area contributed by atoms with Gasteiger partial charge in [0.15, 0.2) is 0 Å². The summed E-state index contributed by atoms with van der Waals surface area (Å²) in [4.78, 5) is 0. The molecule has 0 aliphatic heterocycles. The SMILES string of the molecule is Clc1cc2c(cc1Cl)C[CH]C2. The first-order chi connectivity index (χ1) is 5.27. The number of halogens is 2. The molecule has 0 N–H and O–H groups in total. The summed E-state index contributed by atoms with van der Waals surface area (Å²) in [6.07, 6.45) is 4.30. The lowest BCUT2D eigenvalue weighted by molar-refractivity contribution is 1.17. The van der Waals surface area contributed by atoms with Crippen LogP contribution in [0.5, 0.6) is 0 Å². The fourth-order valence-corrected chi connectivity index (χ4v) is 1.76. The van der Waals surface area contributed by atoms with Crippen molar-refractivity contribution in [1.29, 1.82) is 0 Å². The minimum absolute atomic E-state index is 0.667. The molecule has 0 aromatic heterocycles. The monoisotopic (exact) mass is 185 g/mol. The molecule has 0 atom stereocenters. The molecule has 0 nitrogen and oxygen atoms in total. The summed E-state index contributed by atoms with van der Waals surface area (Å²) < 4.78 is 0. The van der Waals surface area contributed by atoms with Gasteiger partial charge in [-0.05, 0) is 42.5 Å². The van der Waals surface area contributed by atoms with E-state index < -0.39 is 0 Å². The molecule has 1 aliphatic rings. The second kappa shape index (κ2) is 2.69. The van der Waals surface area contributed by atoms with E-state index in [1.54, 1.807) is 0 Å². The molecule has 57 valence electrons. The molecule has 0 amide bonds. The summed E-state index contributed by atoms with van der Waals surface area (Å²) in [5.41, 5.74) is 2.64. The molecule has 1 aromatic rings. The highest BCUT2D eigenvalue weighted by atomic mass is 35.5. The van der Waals surface area contributed by atoms with Crippen molar-refractivity contribution in [3.63, 3.8) is 0 Å². The van der Waals surface area contributed by atoms with Gasteiger partial charge in [0.25, 0.3) is 0 Å². The minimum Gasteiger partial charge on any atom is -0.0827 e. The number of hydrogen-bond donors (Lipinski definition) is 0. The van der Waals surface area contributed by atoms with Crippen LogP contribution in [0, 0.1) is 6.42 Å².